The number of hydrogen-bond donors (Lipinski definition) is 0. The molecule has 0 unspecified atom stereocenters. The van der Waals surface area contributed by atoms with Crippen molar-refractivity contribution in [3.8, 4) is 67.3 Å². The Labute approximate surface area is 383 Å². The summed E-state index contributed by atoms with van der Waals surface area (Å²) in [5.41, 5.74) is 17.8. The second-order valence-electron chi connectivity index (χ2n) is 17.3. The molecule has 0 fully saturated rings. The van der Waals surface area contributed by atoms with E-state index in [2.05, 4.69) is 224 Å². The maximum atomic E-state index is 6.27. The summed E-state index contributed by atoms with van der Waals surface area (Å²) in [6.45, 7) is 0. The maximum absolute atomic E-state index is 6.27. The second kappa shape index (κ2) is 15.3. The average Bonchev–Trinajstić information content (AvgIpc) is 3.92. The summed E-state index contributed by atoms with van der Waals surface area (Å²) < 4.78 is 6.27. The molecule has 0 atom stereocenters. The second-order valence-corrected chi connectivity index (χ2v) is 17.3. The van der Waals surface area contributed by atoms with Crippen LogP contribution in [0.3, 0.4) is 0 Å². The van der Waals surface area contributed by atoms with Gasteiger partial charge in [0, 0.05) is 27.5 Å². The number of nitrogens with zero attached hydrogens (tertiary/aromatic N) is 2. The Hall–Kier alpha value is -8.66. The van der Waals surface area contributed by atoms with Crippen molar-refractivity contribution in [2.24, 2.45) is 0 Å². The largest absolute Gasteiger partial charge is 0.456 e. The highest BCUT2D eigenvalue weighted by Crippen LogP contribution is 2.56. The highest BCUT2D eigenvalue weighted by Gasteiger charge is 2.46. The minimum absolute atomic E-state index is 0.535. The SMILES string of the molecule is c1ccc(-c2nc(-c3cc(-c4ccc5ccccc5c4)cc(-c4ccc5oc6ccccc6c5c4)c3)cc(-c3ccc4c(c3)C(c3ccccc3)(c3ccccc3)c3ccccc3-4)n2)cc1. The molecule has 2 aromatic heterocycles. The number of rotatable bonds is 7. The van der Waals surface area contributed by atoms with Crippen LogP contribution in [-0.4, -0.2) is 9.97 Å². The zero-order valence-corrected chi connectivity index (χ0v) is 35.9. The van der Waals surface area contributed by atoms with E-state index in [4.69, 9.17) is 14.4 Å². The quantitative estimate of drug-likeness (QED) is 0.160. The number of fused-ring (bicyclic) bond motifs is 7. The predicted octanol–water partition coefficient (Wildman–Crippen LogP) is 16.2. The van der Waals surface area contributed by atoms with E-state index >= 15 is 0 Å². The van der Waals surface area contributed by atoms with Gasteiger partial charge in [0.1, 0.15) is 11.2 Å². The molecule has 2 heterocycles. The first-order chi connectivity index (χ1) is 32.7. The average molecular weight is 841 g/mol. The van der Waals surface area contributed by atoms with Gasteiger partial charge in [-0.05, 0) is 121 Å². The number of furan rings is 1. The summed E-state index contributed by atoms with van der Waals surface area (Å²) >= 11 is 0. The fraction of sp³-hybridized carbons (Fsp3) is 0.0159. The highest BCUT2D eigenvalue weighted by molar-refractivity contribution is 6.06. The molecule has 0 bridgehead atoms. The molecule has 1 aliphatic rings. The summed E-state index contributed by atoms with van der Waals surface area (Å²) in [5, 5.41) is 4.61. The molecule has 3 heteroatoms. The van der Waals surface area contributed by atoms with Crippen LogP contribution in [0.5, 0.6) is 0 Å². The summed E-state index contributed by atoms with van der Waals surface area (Å²) in [4.78, 5) is 10.8. The molecule has 0 N–H and O–H groups in total. The van der Waals surface area contributed by atoms with Crippen molar-refractivity contribution in [3.05, 3.63) is 265 Å². The molecule has 12 aromatic rings. The van der Waals surface area contributed by atoms with E-state index in [0.717, 1.165) is 72.3 Å². The Morgan fingerprint density at radius 1 is 0.303 bits per heavy atom. The van der Waals surface area contributed by atoms with Gasteiger partial charge in [0.25, 0.3) is 0 Å². The van der Waals surface area contributed by atoms with Gasteiger partial charge in [-0.15, -0.1) is 0 Å². The molecular weight excluding hydrogens is 801 g/mol. The lowest BCUT2D eigenvalue weighted by Gasteiger charge is -2.34. The molecule has 0 saturated heterocycles. The minimum Gasteiger partial charge on any atom is -0.456 e. The van der Waals surface area contributed by atoms with Gasteiger partial charge < -0.3 is 4.42 Å². The van der Waals surface area contributed by atoms with Crippen molar-refractivity contribution in [1.29, 1.82) is 0 Å². The normalized spacial score (nSPS) is 12.7. The van der Waals surface area contributed by atoms with Crippen LogP contribution in [0.2, 0.25) is 0 Å². The van der Waals surface area contributed by atoms with E-state index in [1.54, 1.807) is 0 Å². The van der Waals surface area contributed by atoms with Crippen LogP contribution >= 0.6 is 0 Å². The zero-order chi connectivity index (χ0) is 43.6. The Morgan fingerprint density at radius 2 is 0.864 bits per heavy atom. The van der Waals surface area contributed by atoms with Crippen LogP contribution in [0.25, 0.3) is 100.0 Å². The Morgan fingerprint density at radius 3 is 1.64 bits per heavy atom. The molecule has 0 saturated carbocycles. The molecule has 0 spiro atoms. The molecule has 13 rings (SSSR count). The van der Waals surface area contributed by atoms with Gasteiger partial charge in [0.15, 0.2) is 5.82 Å². The number of para-hydroxylation sites is 1. The summed E-state index contributed by atoms with van der Waals surface area (Å²) in [6.07, 6.45) is 0. The first kappa shape index (κ1) is 37.9. The van der Waals surface area contributed by atoms with Gasteiger partial charge in [0.2, 0.25) is 0 Å². The standard InChI is InChI=1S/C63H40N2O/c1-4-17-42(18-5-1)62-64-58(46-30-32-53-52-24-12-14-26-56(52)63(57(53)39-46,50-20-6-2-7-21-50)51-22-8-3-9-23-51)40-59(65-62)49-36-47(44-29-28-41-16-10-11-19-43(41)34-44)35-48(37-49)45-31-33-61-55(38-45)54-25-13-15-27-60(54)66-61/h1-40H. The topological polar surface area (TPSA) is 38.9 Å². The van der Waals surface area contributed by atoms with Crippen molar-refractivity contribution in [2.45, 2.75) is 5.41 Å². The smallest absolute Gasteiger partial charge is 0.160 e. The van der Waals surface area contributed by atoms with Gasteiger partial charge in [-0.3, -0.25) is 0 Å². The van der Waals surface area contributed by atoms with Gasteiger partial charge in [-0.2, -0.15) is 0 Å². The predicted molar refractivity (Wildman–Crippen MR) is 271 cm³/mol. The van der Waals surface area contributed by atoms with Crippen molar-refractivity contribution < 1.29 is 4.42 Å². The molecule has 0 aliphatic heterocycles. The van der Waals surface area contributed by atoms with Crippen LogP contribution < -0.4 is 0 Å². The highest BCUT2D eigenvalue weighted by atomic mass is 16.3. The summed E-state index contributed by atoms with van der Waals surface area (Å²) in [6, 6.07) is 87.2. The number of benzene rings is 10. The van der Waals surface area contributed by atoms with Crippen molar-refractivity contribution in [1.82, 2.24) is 9.97 Å². The van der Waals surface area contributed by atoms with Crippen LogP contribution in [0, 0.1) is 0 Å². The van der Waals surface area contributed by atoms with Crippen LogP contribution in [0.1, 0.15) is 22.3 Å². The van der Waals surface area contributed by atoms with Gasteiger partial charge in [0.05, 0.1) is 16.8 Å². The summed E-state index contributed by atoms with van der Waals surface area (Å²) in [7, 11) is 0. The molecule has 1 aliphatic carbocycles. The van der Waals surface area contributed by atoms with Crippen LogP contribution in [0.4, 0.5) is 0 Å². The third-order valence-corrected chi connectivity index (χ3v) is 13.5. The van der Waals surface area contributed by atoms with E-state index in [0.29, 0.717) is 5.82 Å². The minimum atomic E-state index is -0.535. The van der Waals surface area contributed by atoms with E-state index in [-0.39, 0.29) is 0 Å². The molecule has 0 radical (unpaired) electrons. The lowest BCUT2D eigenvalue weighted by Crippen LogP contribution is -2.28. The van der Waals surface area contributed by atoms with E-state index in [1.165, 1.54) is 44.2 Å². The molecule has 66 heavy (non-hydrogen) atoms. The number of aromatic nitrogens is 2. The third-order valence-electron chi connectivity index (χ3n) is 13.5. The van der Waals surface area contributed by atoms with Crippen molar-refractivity contribution in [3.63, 3.8) is 0 Å². The lowest BCUT2D eigenvalue weighted by molar-refractivity contribution is 0.669. The molecule has 3 nitrogen and oxygen atoms in total. The van der Waals surface area contributed by atoms with Gasteiger partial charge in [-0.1, -0.05) is 188 Å². The van der Waals surface area contributed by atoms with E-state index < -0.39 is 5.41 Å². The lowest BCUT2D eigenvalue weighted by atomic mass is 9.67. The fourth-order valence-corrected chi connectivity index (χ4v) is 10.4. The molecule has 308 valence electrons. The summed E-state index contributed by atoms with van der Waals surface area (Å²) in [5.74, 6) is 0.674. The fourth-order valence-electron chi connectivity index (χ4n) is 10.4. The Kier molecular flexibility index (Phi) is 8.75. The maximum Gasteiger partial charge on any atom is 0.160 e. The van der Waals surface area contributed by atoms with E-state index in [1.807, 2.05) is 18.2 Å². The monoisotopic (exact) mass is 840 g/mol. The van der Waals surface area contributed by atoms with Gasteiger partial charge >= 0.3 is 0 Å². The van der Waals surface area contributed by atoms with Crippen molar-refractivity contribution in [2.75, 3.05) is 0 Å². The third kappa shape index (κ3) is 6.12. The Balaban J connectivity index is 1.04. The first-order valence-corrected chi connectivity index (χ1v) is 22.5. The van der Waals surface area contributed by atoms with E-state index in [9.17, 15) is 0 Å². The van der Waals surface area contributed by atoms with Crippen molar-refractivity contribution >= 4 is 32.7 Å². The Bertz CT molecular complexity index is 3780. The van der Waals surface area contributed by atoms with Crippen LogP contribution in [-0.2, 0) is 5.41 Å². The van der Waals surface area contributed by atoms with Gasteiger partial charge in [-0.25, -0.2) is 9.97 Å². The number of hydrogen-bond acceptors (Lipinski definition) is 3. The molecular formula is C63H40N2O. The zero-order valence-electron chi connectivity index (χ0n) is 35.9. The van der Waals surface area contributed by atoms with Crippen LogP contribution in [0.15, 0.2) is 247 Å². The molecule has 0 amide bonds. The first-order valence-electron chi connectivity index (χ1n) is 22.5. The molecule has 10 aromatic carbocycles.